The first kappa shape index (κ1) is 13.3. The van der Waals surface area contributed by atoms with Gasteiger partial charge in [-0.3, -0.25) is 14.5 Å². The standard InChI is InChI=1S/C12H22N4O2/c1-9(16-6-4-13-5-7-16)12(18)14-8-10-2-3-11(17)15-10/h9-10,13H,2-8H2,1H3,(H,14,18)(H,15,17). The second-order valence-corrected chi connectivity index (χ2v) is 5.01. The minimum Gasteiger partial charge on any atom is -0.353 e. The minimum atomic E-state index is -0.0933. The topological polar surface area (TPSA) is 73.5 Å². The van der Waals surface area contributed by atoms with Gasteiger partial charge >= 0.3 is 0 Å². The Bertz CT molecular complexity index is 315. The second-order valence-electron chi connectivity index (χ2n) is 5.01. The van der Waals surface area contributed by atoms with Gasteiger partial charge in [0.2, 0.25) is 11.8 Å². The summed E-state index contributed by atoms with van der Waals surface area (Å²) in [4.78, 5) is 25.2. The average molecular weight is 254 g/mol. The van der Waals surface area contributed by atoms with E-state index in [0.29, 0.717) is 13.0 Å². The molecule has 2 fully saturated rings. The van der Waals surface area contributed by atoms with Crippen molar-refractivity contribution in [2.45, 2.75) is 31.8 Å². The number of hydrogen-bond acceptors (Lipinski definition) is 4. The van der Waals surface area contributed by atoms with E-state index >= 15 is 0 Å². The molecule has 6 nitrogen and oxygen atoms in total. The van der Waals surface area contributed by atoms with Gasteiger partial charge in [-0.25, -0.2) is 0 Å². The van der Waals surface area contributed by atoms with Crippen molar-refractivity contribution in [2.75, 3.05) is 32.7 Å². The fraction of sp³-hybridized carbons (Fsp3) is 0.833. The van der Waals surface area contributed by atoms with Crippen LogP contribution in [0.5, 0.6) is 0 Å². The molecule has 2 heterocycles. The van der Waals surface area contributed by atoms with Crippen LogP contribution in [-0.2, 0) is 9.59 Å². The van der Waals surface area contributed by atoms with Gasteiger partial charge in [-0.15, -0.1) is 0 Å². The fourth-order valence-corrected chi connectivity index (χ4v) is 2.44. The smallest absolute Gasteiger partial charge is 0.237 e. The molecule has 6 heteroatoms. The Kier molecular flexibility index (Phi) is 4.54. The van der Waals surface area contributed by atoms with Crippen LogP contribution in [0, 0.1) is 0 Å². The Morgan fingerprint density at radius 2 is 2.22 bits per heavy atom. The van der Waals surface area contributed by atoms with E-state index in [0.717, 1.165) is 32.6 Å². The van der Waals surface area contributed by atoms with Crippen molar-refractivity contribution in [1.82, 2.24) is 20.9 Å². The summed E-state index contributed by atoms with van der Waals surface area (Å²) in [6.07, 6.45) is 1.40. The zero-order valence-electron chi connectivity index (χ0n) is 10.9. The van der Waals surface area contributed by atoms with Crippen molar-refractivity contribution < 1.29 is 9.59 Å². The van der Waals surface area contributed by atoms with E-state index in [4.69, 9.17) is 0 Å². The van der Waals surface area contributed by atoms with Gasteiger partial charge in [-0.05, 0) is 13.3 Å². The molecule has 0 bridgehead atoms. The van der Waals surface area contributed by atoms with E-state index < -0.39 is 0 Å². The first-order valence-corrected chi connectivity index (χ1v) is 6.68. The second kappa shape index (κ2) is 6.15. The summed E-state index contributed by atoms with van der Waals surface area (Å²) in [7, 11) is 0. The number of carbonyl (C=O) groups is 2. The molecule has 102 valence electrons. The molecule has 2 rings (SSSR count). The number of piperazine rings is 1. The highest BCUT2D eigenvalue weighted by Gasteiger charge is 2.25. The number of nitrogens with zero attached hydrogens (tertiary/aromatic N) is 1. The molecule has 3 N–H and O–H groups in total. The lowest BCUT2D eigenvalue weighted by Gasteiger charge is -2.32. The number of rotatable bonds is 4. The Morgan fingerprint density at radius 3 is 2.83 bits per heavy atom. The third-order valence-corrected chi connectivity index (χ3v) is 3.69. The third-order valence-electron chi connectivity index (χ3n) is 3.69. The summed E-state index contributed by atoms with van der Waals surface area (Å²) in [5.41, 5.74) is 0. The van der Waals surface area contributed by atoms with E-state index in [1.807, 2.05) is 6.92 Å². The van der Waals surface area contributed by atoms with E-state index in [-0.39, 0.29) is 23.9 Å². The largest absolute Gasteiger partial charge is 0.353 e. The molecule has 0 radical (unpaired) electrons. The highest BCUT2D eigenvalue weighted by atomic mass is 16.2. The quantitative estimate of drug-likeness (QED) is 0.581. The first-order chi connectivity index (χ1) is 8.66. The Hall–Kier alpha value is -1.14. The van der Waals surface area contributed by atoms with Gasteiger partial charge in [0.05, 0.1) is 6.04 Å². The van der Waals surface area contributed by atoms with Crippen LogP contribution in [0.3, 0.4) is 0 Å². The normalized spacial score (nSPS) is 26.7. The molecule has 0 aromatic carbocycles. The minimum absolute atomic E-state index is 0.0537. The molecule has 2 aliphatic heterocycles. The lowest BCUT2D eigenvalue weighted by atomic mass is 10.2. The lowest BCUT2D eigenvalue weighted by molar-refractivity contribution is -0.126. The van der Waals surface area contributed by atoms with E-state index in [9.17, 15) is 9.59 Å². The molecule has 2 atom stereocenters. The van der Waals surface area contributed by atoms with Crippen molar-refractivity contribution in [1.29, 1.82) is 0 Å². The molecule has 2 aliphatic rings. The lowest BCUT2D eigenvalue weighted by Crippen LogP contribution is -2.53. The molecular formula is C12H22N4O2. The maximum absolute atomic E-state index is 12.0. The summed E-state index contributed by atoms with van der Waals surface area (Å²) < 4.78 is 0. The van der Waals surface area contributed by atoms with Crippen LogP contribution < -0.4 is 16.0 Å². The van der Waals surface area contributed by atoms with Crippen LogP contribution in [0.4, 0.5) is 0 Å². The molecular weight excluding hydrogens is 232 g/mol. The van der Waals surface area contributed by atoms with Crippen molar-refractivity contribution in [3.8, 4) is 0 Å². The molecule has 0 spiro atoms. The van der Waals surface area contributed by atoms with Crippen LogP contribution >= 0.6 is 0 Å². The van der Waals surface area contributed by atoms with Gasteiger partial charge in [-0.2, -0.15) is 0 Å². The maximum Gasteiger partial charge on any atom is 0.237 e. The molecule has 0 aromatic heterocycles. The van der Waals surface area contributed by atoms with E-state index in [2.05, 4.69) is 20.9 Å². The van der Waals surface area contributed by atoms with Crippen LogP contribution in [-0.4, -0.2) is 61.5 Å². The zero-order valence-corrected chi connectivity index (χ0v) is 10.9. The van der Waals surface area contributed by atoms with Gasteiger partial charge in [-0.1, -0.05) is 0 Å². The van der Waals surface area contributed by atoms with Crippen LogP contribution in [0.1, 0.15) is 19.8 Å². The molecule has 0 aliphatic carbocycles. The summed E-state index contributed by atoms with van der Waals surface area (Å²) in [6.45, 7) is 6.19. The predicted molar refractivity (Wildman–Crippen MR) is 68.1 cm³/mol. The molecule has 2 amide bonds. The molecule has 2 unspecified atom stereocenters. The number of amides is 2. The van der Waals surface area contributed by atoms with Gasteiger partial charge in [0.25, 0.3) is 0 Å². The monoisotopic (exact) mass is 254 g/mol. The van der Waals surface area contributed by atoms with Gasteiger partial charge in [0, 0.05) is 45.2 Å². The van der Waals surface area contributed by atoms with Crippen molar-refractivity contribution in [2.24, 2.45) is 0 Å². The Labute approximate surface area is 107 Å². The van der Waals surface area contributed by atoms with Crippen molar-refractivity contribution in [3.05, 3.63) is 0 Å². The predicted octanol–water partition coefficient (Wildman–Crippen LogP) is -1.33. The van der Waals surface area contributed by atoms with Crippen LogP contribution in [0.25, 0.3) is 0 Å². The third kappa shape index (κ3) is 3.43. The van der Waals surface area contributed by atoms with E-state index in [1.165, 1.54) is 0 Å². The summed E-state index contributed by atoms with van der Waals surface area (Å²) in [5.74, 6) is 0.141. The van der Waals surface area contributed by atoms with E-state index in [1.54, 1.807) is 0 Å². The average Bonchev–Trinajstić information content (AvgIpc) is 2.82. The van der Waals surface area contributed by atoms with Crippen LogP contribution in [0.2, 0.25) is 0 Å². The first-order valence-electron chi connectivity index (χ1n) is 6.68. The number of hydrogen-bond donors (Lipinski definition) is 3. The number of nitrogens with one attached hydrogen (secondary N) is 3. The zero-order chi connectivity index (χ0) is 13.0. The molecule has 0 saturated carbocycles. The highest BCUT2D eigenvalue weighted by molar-refractivity contribution is 5.82. The molecule has 18 heavy (non-hydrogen) atoms. The molecule has 2 saturated heterocycles. The van der Waals surface area contributed by atoms with Gasteiger partial charge in [0.1, 0.15) is 0 Å². The fourth-order valence-electron chi connectivity index (χ4n) is 2.44. The number of carbonyl (C=O) groups excluding carboxylic acids is 2. The Balaban J connectivity index is 1.71. The Morgan fingerprint density at radius 1 is 1.50 bits per heavy atom. The summed E-state index contributed by atoms with van der Waals surface area (Å²) in [5, 5.41) is 9.05. The van der Waals surface area contributed by atoms with Crippen LogP contribution in [0.15, 0.2) is 0 Å². The SMILES string of the molecule is CC(C(=O)NCC1CCC(=O)N1)N1CCNCC1. The van der Waals surface area contributed by atoms with Gasteiger partial charge < -0.3 is 16.0 Å². The summed E-state index contributed by atoms with van der Waals surface area (Å²) >= 11 is 0. The highest BCUT2D eigenvalue weighted by Crippen LogP contribution is 2.06. The summed E-state index contributed by atoms with van der Waals surface area (Å²) in [6, 6.07) is 0.0147. The maximum atomic E-state index is 12.0. The van der Waals surface area contributed by atoms with Gasteiger partial charge in [0.15, 0.2) is 0 Å². The molecule has 0 aromatic rings. The van der Waals surface area contributed by atoms with Crippen molar-refractivity contribution >= 4 is 11.8 Å². The van der Waals surface area contributed by atoms with Crippen molar-refractivity contribution in [3.63, 3.8) is 0 Å².